The van der Waals surface area contributed by atoms with Crippen molar-refractivity contribution in [3.63, 3.8) is 0 Å². The third-order valence-corrected chi connectivity index (χ3v) is 11.7. The zero-order valence-electron chi connectivity index (χ0n) is 24.2. The molecule has 4 saturated carbocycles. The number of aliphatic hydroxyl groups excluding tert-OH is 1. The van der Waals surface area contributed by atoms with Gasteiger partial charge in [0.25, 0.3) is 0 Å². The fourth-order valence-electron chi connectivity index (χ4n) is 9.44. The molecule has 1 amide bonds. The van der Waals surface area contributed by atoms with Crippen molar-refractivity contribution in [1.82, 2.24) is 5.32 Å². The lowest BCUT2D eigenvalue weighted by molar-refractivity contribution is -0.184. The molecule has 0 spiro atoms. The largest absolute Gasteiger partial charge is 0.458 e. The molecule has 0 aromatic heterocycles. The molecular weight excluding hydrogens is 510 g/mol. The Bertz CT molecular complexity index is 1060. The summed E-state index contributed by atoms with van der Waals surface area (Å²) in [5.41, 5.74) is -1.59. The first-order valence-corrected chi connectivity index (χ1v) is 15.6. The minimum atomic E-state index is -1.68. The van der Waals surface area contributed by atoms with Crippen molar-refractivity contribution < 1.29 is 34.1 Å². The van der Waals surface area contributed by atoms with E-state index >= 15 is 0 Å². The fourth-order valence-corrected chi connectivity index (χ4v) is 9.44. The van der Waals surface area contributed by atoms with E-state index in [4.69, 9.17) is 4.74 Å². The molecule has 4 fully saturated rings. The second-order valence-corrected chi connectivity index (χ2v) is 13.9. The van der Waals surface area contributed by atoms with E-state index in [1.54, 1.807) is 6.08 Å². The second kappa shape index (κ2) is 11.3. The predicted octanol–water partition coefficient (Wildman–Crippen LogP) is 3.81. The van der Waals surface area contributed by atoms with Crippen molar-refractivity contribution in [1.29, 1.82) is 0 Å². The van der Waals surface area contributed by atoms with Gasteiger partial charge in [0, 0.05) is 24.8 Å². The Morgan fingerprint density at radius 3 is 2.52 bits per heavy atom. The van der Waals surface area contributed by atoms with Crippen LogP contribution >= 0.6 is 0 Å². The first-order chi connectivity index (χ1) is 19.0. The maximum atomic E-state index is 13.4. The number of fused-ring (bicyclic) bond motifs is 5. The van der Waals surface area contributed by atoms with Crippen LogP contribution in [-0.2, 0) is 23.9 Å². The number of nitrogens with one attached hydrogen (secondary N) is 1. The Labute approximate surface area is 237 Å². The summed E-state index contributed by atoms with van der Waals surface area (Å²) in [6.45, 7) is 4.20. The number of carbonyl (C=O) groups excluding carboxylic acids is 4. The minimum absolute atomic E-state index is 0.00165. The Morgan fingerprint density at radius 2 is 1.77 bits per heavy atom. The van der Waals surface area contributed by atoms with Crippen molar-refractivity contribution in [2.75, 3.05) is 13.2 Å². The normalized spacial score (nSPS) is 39.4. The van der Waals surface area contributed by atoms with Gasteiger partial charge in [-0.3, -0.25) is 19.2 Å². The summed E-state index contributed by atoms with van der Waals surface area (Å²) in [5.74, 6) is -0.450. The number of carbonyl (C=O) groups is 4. The SMILES string of the molecule is C[C@]12CCC(=O)C=C1CCC1C2C(O)C[C@@]2(C)C1CC[C@]2(O)C(=O)COC(=O)CCC(=O)NCC1CCCCC1. The molecule has 0 aromatic carbocycles. The highest BCUT2D eigenvalue weighted by molar-refractivity contribution is 5.92. The van der Waals surface area contributed by atoms with Gasteiger partial charge in [0.1, 0.15) is 5.60 Å². The number of allylic oxidation sites excluding steroid dienone is 1. The monoisotopic (exact) mass is 557 g/mol. The number of hydrogen-bond acceptors (Lipinski definition) is 7. The van der Waals surface area contributed by atoms with Crippen LogP contribution in [0.4, 0.5) is 0 Å². The standard InChI is InChI=1S/C32H47NO7/c1-30-14-12-22(34)16-21(30)8-9-23-24-13-15-32(39,31(24,2)17-25(35)29(23)30)26(36)19-40-28(38)11-10-27(37)33-18-20-6-4-3-5-7-20/h16,20,23-25,29,35,39H,3-15,17-19H2,1-2H3,(H,33,37)/t23?,24?,25?,29?,30-,31-,32-/m0/s1. The van der Waals surface area contributed by atoms with Crippen LogP contribution in [0.3, 0.4) is 0 Å². The molecular formula is C32H47NO7. The lowest BCUT2D eigenvalue weighted by Crippen LogP contribution is -2.62. The van der Waals surface area contributed by atoms with Gasteiger partial charge in [0.05, 0.1) is 12.5 Å². The third kappa shape index (κ3) is 5.19. The highest BCUT2D eigenvalue weighted by Crippen LogP contribution is 2.67. The minimum Gasteiger partial charge on any atom is -0.458 e. The van der Waals surface area contributed by atoms with Crippen LogP contribution in [0.25, 0.3) is 0 Å². The lowest BCUT2D eigenvalue weighted by atomic mass is 9.45. The van der Waals surface area contributed by atoms with E-state index in [0.717, 1.165) is 37.7 Å². The highest BCUT2D eigenvalue weighted by atomic mass is 16.5. The molecule has 0 aliphatic heterocycles. The summed E-state index contributed by atoms with van der Waals surface area (Å²) >= 11 is 0. The van der Waals surface area contributed by atoms with E-state index in [0.29, 0.717) is 31.7 Å². The van der Waals surface area contributed by atoms with Gasteiger partial charge < -0.3 is 20.3 Å². The topological polar surface area (TPSA) is 130 Å². The van der Waals surface area contributed by atoms with Gasteiger partial charge >= 0.3 is 5.97 Å². The molecule has 3 N–H and O–H groups in total. The van der Waals surface area contributed by atoms with E-state index in [1.807, 2.05) is 6.92 Å². The van der Waals surface area contributed by atoms with E-state index in [9.17, 15) is 29.4 Å². The number of rotatable bonds is 8. The lowest BCUT2D eigenvalue weighted by Gasteiger charge is -2.60. The molecule has 5 aliphatic rings. The van der Waals surface area contributed by atoms with Gasteiger partial charge in [0.15, 0.2) is 12.4 Å². The molecule has 7 atom stereocenters. The highest BCUT2D eigenvalue weighted by Gasteiger charge is 2.68. The first-order valence-electron chi connectivity index (χ1n) is 15.6. The second-order valence-electron chi connectivity index (χ2n) is 13.9. The molecule has 0 heterocycles. The van der Waals surface area contributed by atoms with Crippen LogP contribution in [0.1, 0.15) is 104 Å². The average molecular weight is 558 g/mol. The summed E-state index contributed by atoms with van der Waals surface area (Å²) in [5, 5.41) is 26.2. The number of ether oxygens (including phenoxy) is 1. The van der Waals surface area contributed by atoms with Gasteiger partial charge in [-0.05, 0) is 86.5 Å². The predicted molar refractivity (Wildman–Crippen MR) is 148 cm³/mol. The smallest absolute Gasteiger partial charge is 0.306 e. The van der Waals surface area contributed by atoms with E-state index in [2.05, 4.69) is 12.2 Å². The van der Waals surface area contributed by atoms with Crippen molar-refractivity contribution in [2.45, 2.75) is 115 Å². The number of ketones is 2. The summed E-state index contributed by atoms with van der Waals surface area (Å²) in [6.07, 6.45) is 11.0. The summed E-state index contributed by atoms with van der Waals surface area (Å²) in [4.78, 5) is 50.1. The number of esters is 1. The third-order valence-electron chi connectivity index (χ3n) is 11.7. The Hall–Kier alpha value is -2.06. The molecule has 8 heteroatoms. The van der Waals surface area contributed by atoms with Crippen LogP contribution < -0.4 is 5.32 Å². The summed E-state index contributed by atoms with van der Waals surface area (Å²) in [7, 11) is 0. The van der Waals surface area contributed by atoms with Crippen LogP contribution in [-0.4, -0.2) is 58.5 Å². The molecule has 4 unspecified atom stereocenters. The Morgan fingerprint density at radius 1 is 1.02 bits per heavy atom. The van der Waals surface area contributed by atoms with Gasteiger partial charge in [-0.15, -0.1) is 0 Å². The number of Topliss-reactive ketones (excluding diaryl/α,β-unsaturated/α-hetero) is 1. The van der Waals surface area contributed by atoms with Gasteiger partial charge in [-0.25, -0.2) is 0 Å². The van der Waals surface area contributed by atoms with Crippen LogP contribution in [0.15, 0.2) is 11.6 Å². The maximum Gasteiger partial charge on any atom is 0.306 e. The average Bonchev–Trinajstić information content (AvgIpc) is 3.20. The molecule has 0 saturated heterocycles. The zero-order chi connectivity index (χ0) is 28.7. The van der Waals surface area contributed by atoms with Crippen molar-refractivity contribution >= 4 is 23.4 Å². The summed E-state index contributed by atoms with van der Waals surface area (Å²) in [6, 6.07) is 0. The van der Waals surface area contributed by atoms with Gasteiger partial charge in [0.2, 0.25) is 11.7 Å². The Balaban J connectivity index is 1.16. The zero-order valence-corrected chi connectivity index (χ0v) is 24.2. The van der Waals surface area contributed by atoms with Crippen LogP contribution in [0.5, 0.6) is 0 Å². The van der Waals surface area contributed by atoms with Crippen molar-refractivity contribution in [3.8, 4) is 0 Å². The van der Waals surface area contributed by atoms with E-state index < -0.39 is 35.5 Å². The Kier molecular flexibility index (Phi) is 8.33. The van der Waals surface area contributed by atoms with Crippen molar-refractivity contribution in [2.24, 2.45) is 34.5 Å². The van der Waals surface area contributed by atoms with E-state index in [-0.39, 0.29) is 54.1 Å². The maximum absolute atomic E-state index is 13.4. The molecule has 40 heavy (non-hydrogen) atoms. The first kappa shape index (κ1) is 29.4. The van der Waals surface area contributed by atoms with Gasteiger partial charge in [-0.1, -0.05) is 38.7 Å². The molecule has 222 valence electrons. The van der Waals surface area contributed by atoms with E-state index in [1.165, 1.54) is 19.3 Å². The van der Waals surface area contributed by atoms with Gasteiger partial charge in [-0.2, -0.15) is 0 Å². The number of hydrogen-bond donors (Lipinski definition) is 3. The summed E-state index contributed by atoms with van der Waals surface area (Å²) < 4.78 is 5.25. The molecule has 5 rings (SSSR count). The fraction of sp³-hybridized carbons (Fsp3) is 0.812. The molecule has 0 radical (unpaired) electrons. The number of amides is 1. The molecule has 5 aliphatic carbocycles. The quantitative estimate of drug-likeness (QED) is 0.387. The molecule has 0 bridgehead atoms. The molecule has 8 nitrogen and oxygen atoms in total. The van der Waals surface area contributed by atoms with Crippen LogP contribution in [0.2, 0.25) is 0 Å². The van der Waals surface area contributed by atoms with Crippen LogP contribution in [0, 0.1) is 34.5 Å². The van der Waals surface area contributed by atoms with Crippen molar-refractivity contribution in [3.05, 3.63) is 11.6 Å². The number of aliphatic hydroxyl groups is 2. The molecule has 0 aromatic rings.